The quantitative estimate of drug-likeness (QED) is 0.665. The van der Waals surface area contributed by atoms with Gasteiger partial charge in [0, 0.05) is 19.8 Å². The number of amides is 4. The number of anilines is 2. The van der Waals surface area contributed by atoms with E-state index >= 15 is 0 Å². The van der Waals surface area contributed by atoms with Crippen LogP contribution in [0.5, 0.6) is 5.75 Å². The molecule has 0 aromatic heterocycles. The van der Waals surface area contributed by atoms with Crippen LogP contribution >= 0.6 is 0 Å². The maximum Gasteiger partial charge on any atom is 0.336 e. The summed E-state index contributed by atoms with van der Waals surface area (Å²) in [6.07, 6.45) is 1.46. The molecule has 138 valence electrons. The molecule has 27 heavy (non-hydrogen) atoms. The first-order valence-electron chi connectivity index (χ1n) is 8.24. The second-order valence-corrected chi connectivity index (χ2v) is 6.12. The summed E-state index contributed by atoms with van der Waals surface area (Å²) in [5, 5.41) is 2.20. The SMILES string of the molecule is COc1ccccc1N1C(=O)NC(=O)/C(=C\c2ccc(N(C)C)cc2)C1=O. The highest BCUT2D eigenvalue weighted by atomic mass is 16.5. The number of carbonyl (C=O) groups is 3. The van der Waals surface area contributed by atoms with Crippen molar-refractivity contribution in [1.82, 2.24) is 5.32 Å². The fourth-order valence-corrected chi connectivity index (χ4v) is 2.73. The zero-order valence-electron chi connectivity index (χ0n) is 15.2. The topological polar surface area (TPSA) is 79.0 Å². The van der Waals surface area contributed by atoms with E-state index < -0.39 is 17.8 Å². The number of nitrogens with one attached hydrogen (secondary N) is 1. The fourth-order valence-electron chi connectivity index (χ4n) is 2.73. The van der Waals surface area contributed by atoms with Gasteiger partial charge in [-0.25, -0.2) is 9.69 Å². The number of barbiturate groups is 1. The summed E-state index contributed by atoms with van der Waals surface area (Å²) in [7, 11) is 5.28. The predicted molar refractivity (Wildman–Crippen MR) is 103 cm³/mol. The Morgan fingerprint density at radius 1 is 1.00 bits per heavy atom. The molecule has 4 amide bonds. The van der Waals surface area contributed by atoms with Crippen molar-refractivity contribution >= 4 is 35.3 Å². The van der Waals surface area contributed by atoms with Gasteiger partial charge >= 0.3 is 6.03 Å². The van der Waals surface area contributed by atoms with Crippen molar-refractivity contribution in [1.29, 1.82) is 0 Å². The van der Waals surface area contributed by atoms with Crippen LogP contribution in [-0.2, 0) is 9.59 Å². The first kappa shape index (κ1) is 18.2. The Morgan fingerprint density at radius 2 is 1.67 bits per heavy atom. The van der Waals surface area contributed by atoms with Gasteiger partial charge in [-0.1, -0.05) is 24.3 Å². The van der Waals surface area contributed by atoms with Crippen LogP contribution in [0.3, 0.4) is 0 Å². The average molecular weight is 365 g/mol. The van der Waals surface area contributed by atoms with Gasteiger partial charge in [0.15, 0.2) is 0 Å². The van der Waals surface area contributed by atoms with E-state index in [0.29, 0.717) is 11.3 Å². The summed E-state index contributed by atoms with van der Waals surface area (Å²) in [6.45, 7) is 0. The van der Waals surface area contributed by atoms with Crippen molar-refractivity contribution < 1.29 is 19.1 Å². The molecule has 0 bridgehead atoms. The Hall–Kier alpha value is -3.61. The summed E-state index contributed by atoms with van der Waals surface area (Å²) < 4.78 is 5.23. The smallest absolute Gasteiger partial charge is 0.336 e. The van der Waals surface area contributed by atoms with Crippen molar-refractivity contribution in [3.63, 3.8) is 0 Å². The molecular weight excluding hydrogens is 346 g/mol. The molecule has 2 aromatic carbocycles. The number of para-hydroxylation sites is 2. The van der Waals surface area contributed by atoms with Crippen LogP contribution in [0, 0.1) is 0 Å². The average Bonchev–Trinajstić information content (AvgIpc) is 2.65. The van der Waals surface area contributed by atoms with Crippen molar-refractivity contribution in [2.75, 3.05) is 31.0 Å². The van der Waals surface area contributed by atoms with Crippen molar-refractivity contribution in [3.8, 4) is 5.75 Å². The molecule has 2 aromatic rings. The van der Waals surface area contributed by atoms with Crippen LogP contribution in [0.1, 0.15) is 5.56 Å². The number of hydrogen-bond acceptors (Lipinski definition) is 5. The summed E-state index contributed by atoms with van der Waals surface area (Å²) in [6, 6.07) is 13.2. The van der Waals surface area contributed by atoms with Crippen LogP contribution in [0.4, 0.5) is 16.2 Å². The van der Waals surface area contributed by atoms with Crippen molar-refractivity contribution in [2.24, 2.45) is 0 Å². The molecule has 7 nitrogen and oxygen atoms in total. The molecule has 1 N–H and O–H groups in total. The van der Waals surface area contributed by atoms with E-state index in [-0.39, 0.29) is 11.3 Å². The van der Waals surface area contributed by atoms with E-state index in [4.69, 9.17) is 4.74 Å². The van der Waals surface area contributed by atoms with Gasteiger partial charge in [0.1, 0.15) is 11.3 Å². The minimum Gasteiger partial charge on any atom is -0.495 e. The molecule has 1 saturated heterocycles. The second-order valence-electron chi connectivity index (χ2n) is 6.12. The Morgan fingerprint density at radius 3 is 2.30 bits per heavy atom. The van der Waals surface area contributed by atoms with Gasteiger partial charge in [0.05, 0.1) is 12.8 Å². The monoisotopic (exact) mass is 365 g/mol. The van der Waals surface area contributed by atoms with E-state index in [1.165, 1.54) is 13.2 Å². The maximum absolute atomic E-state index is 12.9. The first-order chi connectivity index (χ1) is 12.9. The van der Waals surface area contributed by atoms with Gasteiger partial charge in [0.2, 0.25) is 0 Å². The lowest BCUT2D eigenvalue weighted by molar-refractivity contribution is -0.122. The molecule has 1 heterocycles. The van der Waals surface area contributed by atoms with Gasteiger partial charge in [-0.3, -0.25) is 14.9 Å². The lowest BCUT2D eigenvalue weighted by atomic mass is 10.1. The maximum atomic E-state index is 12.9. The minimum atomic E-state index is -0.811. The third-order valence-corrected chi connectivity index (χ3v) is 4.15. The van der Waals surface area contributed by atoms with E-state index in [1.54, 1.807) is 36.4 Å². The molecular formula is C20H19N3O4. The highest BCUT2D eigenvalue weighted by Crippen LogP contribution is 2.30. The van der Waals surface area contributed by atoms with Crippen molar-refractivity contribution in [2.45, 2.75) is 0 Å². The van der Waals surface area contributed by atoms with Gasteiger partial charge in [-0.05, 0) is 35.9 Å². The lowest BCUT2D eigenvalue weighted by Gasteiger charge is -2.27. The molecule has 0 unspecified atom stereocenters. The zero-order chi connectivity index (χ0) is 19.6. The molecule has 0 spiro atoms. The van der Waals surface area contributed by atoms with Gasteiger partial charge in [-0.15, -0.1) is 0 Å². The number of carbonyl (C=O) groups excluding carboxylic acids is 3. The number of nitrogens with zero attached hydrogens (tertiary/aromatic N) is 2. The molecule has 3 rings (SSSR count). The molecule has 0 radical (unpaired) electrons. The standard InChI is InChI=1S/C20H19N3O4/c1-22(2)14-10-8-13(9-11-14)12-15-18(24)21-20(26)23(19(15)25)16-6-4-5-7-17(16)27-3/h4-12H,1-3H3,(H,21,24,26)/b15-12+. The fraction of sp³-hybridized carbons (Fsp3) is 0.150. The largest absolute Gasteiger partial charge is 0.495 e. The molecule has 0 saturated carbocycles. The highest BCUT2D eigenvalue weighted by Gasteiger charge is 2.38. The minimum absolute atomic E-state index is 0.127. The number of benzene rings is 2. The van der Waals surface area contributed by atoms with Crippen LogP contribution in [0.25, 0.3) is 6.08 Å². The Labute approximate surface area is 156 Å². The Balaban J connectivity index is 1.99. The van der Waals surface area contributed by atoms with Gasteiger partial charge in [-0.2, -0.15) is 0 Å². The van der Waals surface area contributed by atoms with Crippen LogP contribution in [-0.4, -0.2) is 39.1 Å². The highest BCUT2D eigenvalue weighted by molar-refractivity contribution is 6.39. The number of urea groups is 1. The molecule has 1 fully saturated rings. The van der Waals surface area contributed by atoms with E-state index in [1.807, 2.05) is 31.1 Å². The number of imide groups is 2. The summed E-state index contributed by atoms with van der Waals surface area (Å²) in [5.74, 6) is -1.08. The molecule has 0 atom stereocenters. The predicted octanol–water partition coefficient (Wildman–Crippen LogP) is 2.43. The normalized spacial score (nSPS) is 15.7. The van der Waals surface area contributed by atoms with Crippen LogP contribution in [0.2, 0.25) is 0 Å². The summed E-state index contributed by atoms with van der Waals surface area (Å²) in [4.78, 5) is 40.3. The lowest BCUT2D eigenvalue weighted by Crippen LogP contribution is -2.54. The number of hydrogen-bond donors (Lipinski definition) is 1. The third-order valence-electron chi connectivity index (χ3n) is 4.15. The zero-order valence-corrected chi connectivity index (χ0v) is 15.2. The second kappa shape index (κ2) is 7.33. The molecule has 7 heteroatoms. The summed E-state index contributed by atoms with van der Waals surface area (Å²) in [5.41, 5.74) is 1.80. The van der Waals surface area contributed by atoms with Crippen LogP contribution < -0.4 is 19.9 Å². The summed E-state index contributed by atoms with van der Waals surface area (Å²) >= 11 is 0. The van der Waals surface area contributed by atoms with Crippen LogP contribution in [0.15, 0.2) is 54.1 Å². The van der Waals surface area contributed by atoms with Crippen molar-refractivity contribution in [3.05, 3.63) is 59.7 Å². The third kappa shape index (κ3) is 3.52. The van der Waals surface area contributed by atoms with E-state index in [9.17, 15) is 14.4 Å². The molecule has 0 aliphatic carbocycles. The molecule has 1 aliphatic rings. The van der Waals surface area contributed by atoms with E-state index in [0.717, 1.165) is 10.6 Å². The Bertz CT molecular complexity index is 932. The number of ether oxygens (including phenoxy) is 1. The number of rotatable bonds is 4. The van der Waals surface area contributed by atoms with Gasteiger partial charge < -0.3 is 9.64 Å². The molecule has 1 aliphatic heterocycles. The Kier molecular flexibility index (Phi) is 4.94. The number of methoxy groups -OCH3 is 1. The first-order valence-corrected chi connectivity index (χ1v) is 8.24. The van der Waals surface area contributed by atoms with E-state index in [2.05, 4.69) is 5.32 Å². The van der Waals surface area contributed by atoms with Gasteiger partial charge in [0.25, 0.3) is 11.8 Å².